The van der Waals surface area contributed by atoms with Crippen LogP contribution in [0.5, 0.6) is 0 Å². The molecule has 28 heavy (non-hydrogen) atoms. The molecule has 1 aliphatic carbocycles. The fourth-order valence-electron chi connectivity index (χ4n) is 3.71. The second-order valence-corrected chi connectivity index (χ2v) is 9.05. The van der Waals surface area contributed by atoms with Crippen molar-refractivity contribution in [1.82, 2.24) is 10.5 Å². The van der Waals surface area contributed by atoms with Crippen molar-refractivity contribution in [2.24, 2.45) is 5.92 Å². The number of aromatic nitrogens is 1. The van der Waals surface area contributed by atoms with Gasteiger partial charge < -0.3 is 9.84 Å². The summed E-state index contributed by atoms with van der Waals surface area (Å²) in [5.41, 5.74) is 0.334. The van der Waals surface area contributed by atoms with Crippen molar-refractivity contribution in [2.45, 2.75) is 63.3 Å². The van der Waals surface area contributed by atoms with Crippen LogP contribution in [0, 0.1) is 12.8 Å². The number of amides is 1. The van der Waals surface area contributed by atoms with E-state index in [4.69, 9.17) is 4.52 Å². The van der Waals surface area contributed by atoms with Gasteiger partial charge in [-0.05, 0) is 50.3 Å². The Kier molecular flexibility index (Phi) is 6.39. The fraction of sp³-hybridized carbons (Fsp3) is 0.500. The SMILES string of the molecule is CCCCC1CCCC1NC(=O)c1cccc(S(=O)(=O)Nc2cc(C)on2)c1. The van der Waals surface area contributed by atoms with Crippen molar-refractivity contribution in [3.63, 3.8) is 0 Å². The lowest BCUT2D eigenvalue weighted by Gasteiger charge is -2.21. The summed E-state index contributed by atoms with van der Waals surface area (Å²) >= 11 is 0. The first-order valence-corrected chi connectivity index (χ1v) is 11.2. The highest BCUT2D eigenvalue weighted by Gasteiger charge is 2.28. The zero-order valence-corrected chi connectivity index (χ0v) is 17.1. The number of nitrogens with zero attached hydrogens (tertiary/aromatic N) is 1. The zero-order valence-electron chi connectivity index (χ0n) is 16.3. The lowest BCUT2D eigenvalue weighted by molar-refractivity contribution is 0.0926. The Morgan fingerprint density at radius 3 is 2.82 bits per heavy atom. The first-order chi connectivity index (χ1) is 13.4. The van der Waals surface area contributed by atoms with Gasteiger partial charge in [-0.3, -0.25) is 9.52 Å². The topological polar surface area (TPSA) is 101 Å². The number of carbonyl (C=O) groups excluding carboxylic acids is 1. The Balaban J connectivity index is 1.70. The standard InChI is InChI=1S/C20H27N3O4S/c1-3-4-7-15-8-6-11-18(15)21-20(24)16-9-5-10-17(13-16)28(25,26)23-19-12-14(2)27-22-19/h5,9-10,12-13,15,18H,3-4,6-8,11H2,1-2H3,(H,21,24)(H,22,23). The second-order valence-electron chi connectivity index (χ2n) is 7.37. The van der Waals surface area contributed by atoms with Crippen LogP contribution >= 0.6 is 0 Å². The van der Waals surface area contributed by atoms with E-state index in [2.05, 4.69) is 22.1 Å². The summed E-state index contributed by atoms with van der Waals surface area (Å²) < 4.78 is 32.4. The number of unbranched alkanes of at least 4 members (excludes halogenated alkanes) is 1. The summed E-state index contributed by atoms with van der Waals surface area (Å²) in [5, 5.41) is 6.75. The molecule has 0 aliphatic heterocycles. The van der Waals surface area contributed by atoms with E-state index in [0.717, 1.165) is 38.5 Å². The van der Waals surface area contributed by atoms with Crippen LogP contribution < -0.4 is 10.0 Å². The molecule has 2 unspecified atom stereocenters. The lowest BCUT2D eigenvalue weighted by Crippen LogP contribution is -2.37. The molecule has 1 aromatic heterocycles. The molecule has 2 aromatic rings. The van der Waals surface area contributed by atoms with Crippen LogP contribution in [0.2, 0.25) is 0 Å². The summed E-state index contributed by atoms with van der Waals surface area (Å²) in [7, 11) is -3.86. The van der Waals surface area contributed by atoms with Crippen LogP contribution in [-0.4, -0.2) is 25.5 Å². The third-order valence-corrected chi connectivity index (χ3v) is 6.53. The number of aryl methyl sites for hydroxylation is 1. The van der Waals surface area contributed by atoms with Gasteiger partial charge >= 0.3 is 0 Å². The number of hydrogen-bond donors (Lipinski definition) is 2. The first kappa shape index (κ1) is 20.4. The summed E-state index contributed by atoms with van der Waals surface area (Å²) in [6.07, 6.45) is 6.67. The number of anilines is 1. The van der Waals surface area contributed by atoms with Gasteiger partial charge in [-0.15, -0.1) is 0 Å². The molecular formula is C20H27N3O4S. The number of hydrogen-bond acceptors (Lipinski definition) is 5. The predicted octanol–water partition coefficient (Wildman–Crippen LogP) is 3.87. The van der Waals surface area contributed by atoms with Gasteiger partial charge in [0.05, 0.1) is 4.90 Å². The van der Waals surface area contributed by atoms with E-state index in [9.17, 15) is 13.2 Å². The maximum Gasteiger partial charge on any atom is 0.263 e. The molecule has 8 heteroatoms. The average Bonchev–Trinajstić information content (AvgIpc) is 3.28. The highest BCUT2D eigenvalue weighted by molar-refractivity contribution is 7.92. The average molecular weight is 406 g/mol. The molecule has 0 spiro atoms. The smallest absolute Gasteiger partial charge is 0.263 e. The third kappa shape index (κ3) is 4.92. The van der Waals surface area contributed by atoms with E-state index >= 15 is 0 Å². The van der Waals surface area contributed by atoms with Crippen LogP contribution in [-0.2, 0) is 10.0 Å². The summed E-state index contributed by atoms with van der Waals surface area (Å²) in [6.45, 7) is 3.84. The highest BCUT2D eigenvalue weighted by Crippen LogP contribution is 2.30. The Hall–Kier alpha value is -2.35. The molecule has 0 saturated heterocycles. The van der Waals surface area contributed by atoms with E-state index in [1.165, 1.54) is 18.2 Å². The van der Waals surface area contributed by atoms with Crippen molar-refractivity contribution in [1.29, 1.82) is 0 Å². The number of benzene rings is 1. The van der Waals surface area contributed by atoms with Crippen molar-refractivity contribution < 1.29 is 17.7 Å². The minimum absolute atomic E-state index is 0.00904. The first-order valence-electron chi connectivity index (χ1n) is 9.76. The Bertz CT molecular complexity index is 923. The van der Waals surface area contributed by atoms with E-state index in [1.807, 2.05) is 0 Å². The summed E-state index contributed by atoms with van der Waals surface area (Å²) in [5.74, 6) is 0.882. The van der Waals surface area contributed by atoms with E-state index < -0.39 is 10.0 Å². The molecule has 2 N–H and O–H groups in total. The highest BCUT2D eigenvalue weighted by atomic mass is 32.2. The molecule has 1 aliphatic rings. The van der Waals surface area contributed by atoms with Gasteiger partial charge in [0.25, 0.3) is 15.9 Å². The van der Waals surface area contributed by atoms with Crippen LogP contribution in [0.3, 0.4) is 0 Å². The quantitative estimate of drug-likeness (QED) is 0.694. The van der Waals surface area contributed by atoms with Crippen molar-refractivity contribution in [3.8, 4) is 0 Å². The molecule has 0 bridgehead atoms. The normalized spacial score (nSPS) is 19.5. The van der Waals surface area contributed by atoms with Crippen LogP contribution in [0.15, 0.2) is 39.8 Å². The van der Waals surface area contributed by atoms with E-state index in [1.54, 1.807) is 19.1 Å². The summed E-state index contributed by atoms with van der Waals surface area (Å²) in [4.78, 5) is 12.7. The van der Waals surface area contributed by atoms with Gasteiger partial charge in [0.1, 0.15) is 5.76 Å². The molecule has 1 fully saturated rings. The lowest BCUT2D eigenvalue weighted by atomic mass is 9.96. The Morgan fingerprint density at radius 2 is 2.11 bits per heavy atom. The molecule has 1 amide bonds. The number of sulfonamides is 1. The molecule has 0 radical (unpaired) electrons. The molecule has 1 aromatic carbocycles. The molecule has 3 rings (SSSR count). The molecular weight excluding hydrogens is 378 g/mol. The third-order valence-electron chi connectivity index (χ3n) is 5.18. The van der Waals surface area contributed by atoms with Crippen LogP contribution in [0.4, 0.5) is 5.82 Å². The van der Waals surface area contributed by atoms with Crippen LogP contribution in [0.1, 0.15) is 61.6 Å². The largest absolute Gasteiger partial charge is 0.360 e. The predicted molar refractivity (Wildman–Crippen MR) is 107 cm³/mol. The second kappa shape index (κ2) is 8.77. The molecule has 1 heterocycles. The van der Waals surface area contributed by atoms with Gasteiger partial charge in [0, 0.05) is 17.7 Å². The molecule has 7 nitrogen and oxygen atoms in total. The Morgan fingerprint density at radius 1 is 1.29 bits per heavy atom. The summed E-state index contributed by atoms with van der Waals surface area (Å²) in [6, 6.07) is 7.69. The fourth-order valence-corrected chi connectivity index (χ4v) is 4.74. The van der Waals surface area contributed by atoms with E-state index in [0.29, 0.717) is 17.2 Å². The molecule has 152 valence electrons. The van der Waals surface area contributed by atoms with Gasteiger partial charge in [-0.25, -0.2) is 8.42 Å². The zero-order chi connectivity index (χ0) is 20.1. The van der Waals surface area contributed by atoms with Crippen molar-refractivity contribution in [3.05, 3.63) is 41.7 Å². The van der Waals surface area contributed by atoms with Gasteiger partial charge in [0.15, 0.2) is 5.82 Å². The van der Waals surface area contributed by atoms with E-state index in [-0.39, 0.29) is 22.7 Å². The Labute approximate surface area is 165 Å². The maximum absolute atomic E-state index is 12.7. The van der Waals surface area contributed by atoms with Gasteiger partial charge in [0.2, 0.25) is 0 Å². The number of rotatable bonds is 8. The van der Waals surface area contributed by atoms with Gasteiger partial charge in [-0.2, -0.15) is 0 Å². The minimum atomic E-state index is -3.86. The van der Waals surface area contributed by atoms with Crippen molar-refractivity contribution >= 4 is 21.7 Å². The number of nitrogens with one attached hydrogen (secondary N) is 2. The van der Waals surface area contributed by atoms with Crippen LogP contribution in [0.25, 0.3) is 0 Å². The molecule has 2 atom stereocenters. The van der Waals surface area contributed by atoms with Crippen molar-refractivity contribution in [2.75, 3.05) is 4.72 Å². The van der Waals surface area contributed by atoms with Gasteiger partial charge in [-0.1, -0.05) is 37.4 Å². The monoisotopic (exact) mass is 405 g/mol. The number of carbonyl (C=O) groups is 1. The molecule has 1 saturated carbocycles. The maximum atomic E-state index is 12.7. The minimum Gasteiger partial charge on any atom is -0.360 e.